The molecule has 0 saturated carbocycles. The quantitative estimate of drug-likeness (QED) is 0.274. The monoisotopic (exact) mass is 586 g/mol. The van der Waals surface area contributed by atoms with Gasteiger partial charge in [0.2, 0.25) is 16.0 Å². The molecule has 0 aliphatic carbocycles. The molecule has 0 spiro atoms. The highest BCUT2D eigenvalue weighted by atomic mass is 35.5. The molecule has 0 aliphatic rings. The van der Waals surface area contributed by atoms with Gasteiger partial charge < -0.3 is 0 Å². The molecule has 1 aromatic heterocycles. The lowest BCUT2D eigenvalue weighted by molar-refractivity contribution is 0.599. The summed E-state index contributed by atoms with van der Waals surface area (Å²) in [5, 5.41) is 9.29. The molecule has 0 bridgehead atoms. The first kappa shape index (κ1) is 37.0. The van der Waals surface area contributed by atoms with Crippen molar-refractivity contribution in [2.45, 2.75) is 80.6 Å². The Hall–Kier alpha value is -2.95. The Morgan fingerprint density at radius 2 is 1.55 bits per heavy atom. The summed E-state index contributed by atoms with van der Waals surface area (Å²) in [6, 6.07) is 16.9. The molecule has 40 heavy (non-hydrogen) atoms. The average Bonchev–Trinajstić information content (AvgIpc) is 2.95. The topological polar surface area (TPSA) is 87.0 Å². The van der Waals surface area contributed by atoms with Gasteiger partial charge in [-0.25, -0.2) is 22.7 Å². The fourth-order valence-electron chi connectivity index (χ4n) is 3.35. The van der Waals surface area contributed by atoms with Crippen LogP contribution in [0.2, 0.25) is 0 Å². The third-order valence-electron chi connectivity index (χ3n) is 6.31. The number of nitriles is 1. The van der Waals surface area contributed by atoms with Gasteiger partial charge in [0, 0.05) is 30.2 Å². The molecule has 8 heteroatoms. The highest BCUT2D eigenvalue weighted by Gasteiger charge is 2.24. The van der Waals surface area contributed by atoms with Gasteiger partial charge in [-0.1, -0.05) is 77.4 Å². The van der Waals surface area contributed by atoms with Crippen molar-refractivity contribution in [3.8, 4) is 6.07 Å². The molecule has 0 aliphatic heterocycles. The number of sulfonamides is 1. The van der Waals surface area contributed by atoms with E-state index in [0.29, 0.717) is 0 Å². The molecular formula is C32H47ClN4O2S. The van der Waals surface area contributed by atoms with E-state index in [-0.39, 0.29) is 11.4 Å². The van der Waals surface area contributed by atoms with Gasteiger partial charge in [-0.15, -0.1) is 11.6 Å². The molecule has 0 fully saturated rings. The van der Waals surface area contributed by atoms with E-state index in [1.54, 1.807) is 12.3 Å². The second kappa shape index (κ2) is 17.7. The number of aromatic nitrogens is 2. The summed E-state index contributed by atoms with van der Waals surface area (Å²) >= 11 is 5.19. The molecule has 0 amide bonds. The molecular weight excluding hydrogens is 540 g/mol. The van der Waals surface area contributed by atoms with E-state index >= 15 is 0 Å². The summed E-state index contributed by atoms with van der Waals surface area (Å²) in [5.74, 6) is 1.01. The van der Waals surface area contributed by atoms with Crippen LogP contribution >= 0.6 is 11.6 Å². The lowest BCUT2D eigenvalue weighted by atomic mass is 9.76. The second-order valence-corrected chi connectivity index (χ2v) is 12.1. The molecule has 0 atom stereocenters. The molecule has 0 saturated heterocycles. The Morgan fingerprint density at radius 3 is 2.00 bits per heavy atom. The van der Waals surface area contributed by atoms with Gasteiger partial charge >= 0.3 is 0 Å². The molecule has 1 heterocycles. The predicted octanol–water partition coefficient (Wildman–Crippen LogP) is 7.91. The Balaban J connectivity index is 0.000000662. The minimum atomic E-state index is -3.27. The number of hydrogen-bond donors (Lipinski definition) is 0. The molecule has 0 N–H and O–H groups in total. The first-order valence-electron chi connectivity index (χ1n) is 13.6. The number of aryl methyl sites for hydroxylation is 3. The zero-order valence-corrected chi connectivity index (χ0v) is 27.7. The maximum atomic E-state index is 11.2. The highest BCUT2D eigenvalue weighted by molar-refractivity contribution is 7.92. The van der Waals surface area contributed by atoms with Crippen molar-refractivity contribution in [3.63, 3.8) is 0 Å². The van der Waals surface area contributed by atoms with Crippen LogP contribution < -0.4 is 4.31 Å². The van der Waals surface area contributed by atoms with Crippen molar-refractivity contribution in [1.82, 2.24) is 9.97 Å². The summed E-state index contributed by atoms with van der Waals surface area (Å²) in [7, 11) is -1.84. The maximum absolute atomic E-state index is 11.2. The first-order valence-corrected chi connectivity index (χ1v) is 16.0. The summed E-state index contributed by atoms with van der Waals surface area (Å²) in [6.07, 6.45) is 4.52. The Morgan fingerprint density at radius 1 is 1.00 bits per heavy atom. The molecule has 6 nitrogen and oxygen atoms in total. The fraction of sp³-hybridized carbons (Fsp3) is 0.469. The van der Waals surface area contributed by atoms with Crippen LogP contribution in [0.5, 0.6) is 0 Å². The van der Waals surface area contributed by atoms with Crippen LogP contribution in [0.3, 0.4) is 0 Å². The van der Waals surface area contributed by atoms with Gasteiger partial charge in [0.05, 0.1) is 17.9 Å². The van der Waals surface area contributed by atoms with Gasteiger partial charge in [-0.05, 0) is 68.0 Å². The number of hydrogen-bond acceptors (Lipinski definition) is 5. The molecule has 3 rings (SSSR count). The van der Waals surface area contributed by atoms with E-state index in [1.165, 1.54) is 29.3 Å². The number of alkyl halides is 1. The summed E-state index contributed by atoms with van der Waals surface area (Å²) in [6.45, 7) is 18.6. The molecule has 2 aromatic carbocycles. The third kappa shape index (κ3) is 11.3. The van der Waals surface area contributed by atoms with Crippen molar-refractivity contribution in [2.24, 2.45) is 0 Å². The standard InChI is InChI=1S/C19H21N.C8H13N3O2S.C3H7Cl.C2H6/c1-13-6-8-17(9-7-13)19(4,5)18-10-14(2)15(3)16(11-18)12-20;1-4-7-5-6-9-8(10-7)11(2)14(3,12)13;1-2-3-4;1-2/h6-11H,1-5H3;5-6H,4H2,1-3H3;2-3H2,1H3;1-2H3. The van der Waals surface area contributed by atoms with Crippen LogP contribution in [-0.4, -0.2) is 37.6 Å². The normalized spacial score (nSPS) is 10.5. The number of nitrogens with zero attached hydrogens (tertiary/aromatic N) is 4. The van der Waals surface area contributed by atoms with Gasteiger partial charge in [0.15, 0.2) is 0 Å². The zero-order valence-electron chi connectivity index (χ0n) is 26.1. The van der Waals surface area contributed by atoms with Crippen molar-refractivity contribution < 1.29 is 8.42 Å². The van der Waals surface area contributed by atoms with E-state index in [0.717, 1.165) is 46.1 Å². The predicted molar refractivity (Wildman–Crippen MR) is 171 cm³/mol. The third-order valence-corrected chi connectivity index (χ3v) is 7.85. The Labute approximate surface area is 248 Å². The van der Waals surface area contributed by atoms with Crippen molar-refractivity contribution in [1.29, 1.82) is 5.26 Å². The molecule has 3 aromatic rings. The van der Waals surface area contributed by atoms with E-state index in [1.807, 2.05) is 40.7 Å². The van der Waals surface area contributed by atoms with Crippen LogP contribution in [0.4, 0.5) is 5.95 Å². The van der Waals surface area contributed by atoms with Gasteiger partial charge in [0.25, 0.3) is 0 Å². The molecule has 0 unspecified atom stereocenters. The van der Waals surface area contributed by atoms with Gasteiger partial charge in [-0.2, -0.15) is 5.26 Å². The van der Waals surface area contributed by atoms with Crippen LogP contribution in [0.1, 0.15) is 87.0 Å². The van der Waals surface area contributed by atoms with Crippen molar-refractivity contribution in [3.05, 3.63) is 87.7 Å². The van der Waals surface area contributed by atoms with Crippen LogP contribution in [-0.2, 0) is 21.9 Å². The Kier molecular flexibility index (Phi) is 16.4. The zero-order chi connectivity index (χ0) is 31.1. The lowest BCUT2D eigenvalue weighted by Crippen LogP contribution is -2.26. The van der Waals surface area contributed by atoms with Gasteiger partial charge in [0.1, 0.15) is 0 Å². The molecule has 0 radical (unpaired) electrons. The average molecular weight is 587 g/mol. The van der Waals surface area contributed by atoms with Crippen LogP contribution in [0.15, 0.2) is 48.7 Å². The van der Waals surface area contributed by atoms with E-state index < -0.39 is 10.0 Å². The van der Waals surface area contributed by atoms with E-state index in [4.69, 9.17) is 11.6 Å². The van der Waals surface area contributed by atoms with Crippen molar-refractivity contribution >= 4 is 27.6 Å². The van der Waals surface area contributed by atoms with Gasteiger partial charge in [-0.3, -0.25) is 0 Å². The van der Waals surface area contributed by atoms with Crippen LogP contribution in [0, 0.1) is 32.1 Å². The number of benzene rings is 2. The number of rotatable bonds is 6. The van der Waals surface area contributed by atoms with E-state index in [2.05, 4.69) is 74.1 Å². The maximum Gasteiger partial charge on any atom is 0.239 e. The van der Waals surface area contributed by atoms with Crippen molar-refractivity contribution in [2.75, 3.05) is 23.5 Å². The van der Waals surface area contributed by atoms with E-state index in [9.17, 15) is 13.7 Å². The smallest absolute Gasteiger partial charge is 0.239 e. The largest absolute Gasteiger partial charge is 0.241 e. The minimum absolute atomic E-state index is 0.0994. The summed E-state index contributed by atoms with van der Waals surface area (Å²) in [4.78, 5) is 7.98. The number of halogens is 1. The van der Waals surface area contributed by atoms with Crippen LogP contribution in [0.25, 0.3) is 0 Å². The number of anilines is 1. The first-order chi connectivity index (χ1) is 18.7. The Bertz CT molecular complexity index is 1330. The summed E-state index contributed by atoms with van der Waals surface area (Å²) < 4.78 is 23.4. The summed E-state index contributed by atoms with van der Waals surface area (Å²) in [5.41, 5.74) is 7.50. The highest BCUT2D eigenvalue weighted by Crippen LogP contribution is 2.33. The lowest BCUT2D eigenvalue weighted by Gasteiger charge is -2.27. The fourth-order valence-corrected chi connectivity index (χ4v) is 3.74. The second-order valence-electron chi connectivity index (χ2n) is 9.69. The SMILES string of the molecule is CC.CCCCl.CCc1ccnc(N(C)S(C)(=O)=O)n1.Cc1ccc(C(C)(C)c2cc(C)c(C)c(C#N)c2)cc1. The minimum Gasteiger partial charge on any atom is -0.241 e. The molecule has 220 valence electrons.